The first-order valence-electron chi connectivity index (χ1n) is 10.5. The van der Waals surface area contributed by atoms with E-state index in [2.05, 4.69) is 10.3 Å². The fourth-order valence-corrected chi connectivity index (χ4v) is 4.61. The number of benzene rings is 3. The number of H-pyrrole nitrogens is 1. The van der Waals surface area contributed by atoms with Gasteiger partial charge in [-0.2, -0.15) is 0 Å². The van der Waals surface area contributed by atoms with Crippen molar-refractivity contribution in [1.29, 1.82) is 0 Å². The lowest BCUT2D eigenvalue weighted by Gasteiger charge is -2.17. The van der Waals surface area contributed by atoms with Gasteiger partial charge in [-0.3, -0.25) is 4.79 Å². The standard InChI is InChI=1S/C26H21FN2O3/c27-16-10-9-15-11-17(28-23(15)12-16)13-24(26(31)32)29-25(30)14-22-20-7-3-1-5-18(20)19-6-2-4-8-21(19)22/h1-12,22,24,28H,13-14H2,(H,29,30)(H,31,32)/t24-/m1/s1. The predicted molar refractivity (Wildman–Crippen MR) is 120 cm³/mol. The smallest absolute Gasteiger partial charge is 0.326 e. The molecule has 5 rings (SSSR count). The SMILES string of the molecule is O=C(CC1c2ccccc2-c2ccccc21)N[C@H](Cc1cc2ccc(F)cc2[nH]1)C(=O)O. The molecular formula is C26H21FN2O3. The average Bonchev–Trinajstić information content (AvgIpc) is 3.32. The zero-order chi connectivity index (χ0) is 22.2. The van der Waals surface area contributed by atoms with E-state index in [0.717, 1.165) is 27.6 Å². The minimum atomic E-state index is -1.12. The molecule has 32 heavy (non-hydrogen) atoms. The molecule has 1 aliphatic rings. The van der Waals surface area contributed by atoms with E-state index in [-0.39, 0.29) is 30.5 Å². The molecule has 1 atom stereocenters. The molecule has 1 heterocycles. The van der Waals surface area contributed by atoms with Crippen LogP contribution in [0.3, 0.4) is 0 Å². The van der Waals surface area contributed by atoms with E-state index in [1.165, 1.54) is 12.1 Å². The normalized spacial score (nSPS) is 13.5. The third kappa shape index (κ3) is 3.64. The summed E-state index contributed by atoms with van der Waals surface area (Å²) in [6.07, 6.45) is 0.241. The van der Waals surface area contributed by atoms with Gasteiger partial charge in [0.1, 0.15) is 11.9 Å². The number of aliphatic carboxylic acids is 1. The fourth-order valence-electron chi connectivity index (χ4n) is 4.61. The fraction of sp³-hybridized carbons (Fsp3) is 0.154. The van der Waals surface area contributed by atoms with Crippen LogP contribution >= 0.6 is 0 Å². The number of aromatic nitrogens is 1. The zero-order valence-corrected chi connectivity index (χ0v) is 17.1. The van der Waals surface area contributed by atoms with Gasteiger partial charge in [0, 0.05) is 30.0 Å². The molecule has 1 amide bonds. The van der Waals surface area contributed by atoms with Gasteiger partial charge in [0.15, 0.2) is 0 Å². The Morgan fingerprint density at radius 2 is 1.62 bits per heavy atom. The lowest BCUT2D eigenvalue weighted by atomic mass is 9.93. The van der Waals surface area contributed by atoms with Crippen molar-refractivity contribution in [2.45, 2.75) is 24.8 Å². The predicted octanol–water partition coefficient (Wildman–Crippen LogP) is 4.62. The summed E-state index contributed by atoms with van der Waals surface area (Å²) in [5, 5.41) is 13.2. The summed E-state index contributed by atoms with van der Waals surface area (Å²) in [5.74, 6) is -1.93. The van der Waals surface area contributed by atoms with Gasteiger partial charge in [0.2, 0.25) is 5.91 Å². The Morgan fingerprint density at radius 1 is 0.969 bits per heavy atom. The summed E-state index contributed by atoms with van der Waals surface area (Å²) >= 11 is 0. The van der Waals surface area contributed by atoms with E-state index >= 15 is 0 Å². The van der Waals surface area contributed by atoms with Crippen LogP contribution in [0.4, 0.5) is 4.39 Å². The molecule has 1 aliphatic carbocycles. The summed E-state index contributed by atoms with van der Waals surface area (Å²) < 4.78 is 13.4. The van der Waals surface area contributed by atoms with E-state index in [1.54, 1.807) is 12.1 Å². The molecule has 0 aliphatic heterocycles. The number of halogens is 1. The van der Waals surface area contributed by atoms with Crippen molar-refractivity contribution < 1.29 is 19.1 Å². The topological polar surface area (TPSA) is 82.2 Å². The molecule has 6 heteroatoms. The van der Waals surface area contributed by atoms with Gasteiger partial charge in [-0.05, 0) is 51.9 Å². The zero-order valence-electron chi connectivity index (χ0n) is 17.1. The van der Waals surface area contributed by atoms with Crippen LogP contribution in [-0.4, -0.2) is 28.0 Å². The molecular weight excluding hydrogens is 407 g/mol. The highest BCUT2D eigenvalue weighted by atomic mass is 19.1. The maximum atomic E-state index is 13.4. The minimum Gasteiger partial charge on any atom is -0.480 e. The van der Waals surface area contributed by atoms with Crippen LogP contribution in [0.15, 0.2) is 72.8 Å². The van der Waals surface area contributed by atoms with Gasteiger partial charge in [-0.1, -0.05) is 48.5 Å². The van der Waals surface area contributed by atoms with Crippen LogP contribution in [0.1, 0.15) is 29.2 Å². The molecule has 0 saturated heterocycles. The van der Waals surface area contributed by atoms with Crippen LogP contribution in [0, 0.1) is 5.82 Å². The summed E-state index contributed by atoms with van der Waals surface area (Å²) in [6, 6.07) is 21.0. The van der Waals surface area contributed by atoms with Gasteiger partial charge < -0.3 is 15.4 Å². The van der Waals surface area contributed by atoms with Crippen LogP contribution in [0.25, 0.3) is 22.0 Å². The number of hydrogen-bond donors (Lipinski definition) is 3. The largest absolute Gasteiger partial charge is 0.480 e. The van der Waals surface area contributed by atoms with Gasteiger partial charge in [0.25, 0.3) is 0 Å². The second-order valence-electron chi connectivity index (χ2n) is 8.12. The van der Waals surface area contributed by atoms with Gasteiger partial charge >= 0.3 is 5.97 Å². The number of aromatic amines is 1. The van der Waals surface area contributed by atoms with Crippen molar-refractivity contribution in [3.05, 3.63) is 95.4 Å². The maximum absolute atomic E-state index is 13.4. The Balaban J connectivity index is 1.34. The highest BCUT2D eigenvalue weighted by molar-refractivity contribution is 5.87. The van der Waals surface area contributed by atoms with Crippen LogP contribution < -0.4 is 5.32 Å². The Bertz CT molecular complexity index is 1300. The molecule has 1 aromatic heterocycles. The van der Waals surface area contributed by atoms with Crippen LogP contribution in [-0.2, 0) is 16.0 Å². The molecule has 4 aromatic rings. The number of carbonyl (C=O) groups is 2. The highest BCUT2D eigenvalue weighted by Gasteiger charge is 2.31. The van der Waals surface area contributed by atoms with Crippen LogP contribution in [0.5, 0.6) is 0 Å². The number of carboxylic acids is 1. The highest BCUT2D eigenvalue weighted by Crippen LogP contribution is 2.45. The monoisotopic (exact) mass is 428 g/mol. The molecule has 3 aromatic carbocycles. The van der Waals surface area contributed by atoms with Gasteiger partial charge in [-0.25, -0.2) is 9.18 Å². The van der Waals surface area contributed by atoms with E-state index in [4.69, 9.17) is 0 Å². The Kier molecular flexibility index (Phi) is 4.98. The molecule has 160 valence electrons. The first kappa shape index (κ1) is 20.0. The second-order valence-corrected chi connectivity index (χ2v) is 8.12. The Hall–Kier alpha value is -3.93. The van der Waals surface area contributed by atoms with Crippen molar-refractivity contribution in [3.8, 4) is 11.1 Å². The third-order valence-electron chi connectivity index (χ3n) is 6.05. The quantitative estimate of drug-likeness (QED) is 0.419. The minimum absolute atomic E-state index is 0.0786. The summed E-state index contributed by atoms with van der Waals surface area (Å²) in [6.45, 7) is 0. The Labute approximate surface area is 183 Å². The molecule has 0 bridgehead atoms. The first-order chi connectivity index (χ1) is 15.5. The number of nitrogens with one attached hydrogen (secondary N) is 2. The van der Waals surface area contributed by atoms with Crippen molar-refractivity contribution >= 4 is 22.8 Å². The number of rotatable bonds is 6. The van der Waals surface area contributed by atoms with E-state index in [1.807, 2.05) is 48.5 Å². The number of amides is 1. The molecule has 5 nitrogen and oxygen atoms in total. The van der Waals surface area contributed by atoms with Gasteiger partial charge in [0.05, 0.1) is 0 Å². The molecule has 0 radical (unpaired) electrons. The van der Waals surface area contributed by atoms with Crippen molar-refractivity contribution in [2.75, 3.05) is 0 Å². The second kappa shape index (κ2) is 7.96. The first-order valence-corrected chi connectivity index (χ1v) is 10.5. The summed E-state index contributed by atoms with van der Waals surface area (Å²) in [5.41, 5.74) is 5.59. The lowest BCUT2D eigenvalue weighted by molar-refractivity contribution is -0.141. The Morgan fingerprint density at radius 3 is 2.28 bits per heavy atom. The molecule has 0 saturated carbocycles. The van der Waals surface area contributed by atoms with E-state index in [0.29, 0.717) is 11.2 Å². The number of carbonyl (C=O) groups excluding carboxylic acids is 1. The molecule has 0 spiro atoms. The average molecular weight is 428 g/mol. The summed E-state index contributed by atoms with van der Waals surface area (Å²) in [4.78, 5) is 27.8. The van der Waals surface area contributed by atoms with E-state index in [9.17, 15) is 19.1 Å². The molecule has 0 unspecified atom stereocenters. The van der Waals surface area contributed by atoms with Crippen molar-refractivity contribution in [1.82, 2.24) is 10.3 Å². The number of fused-ring (bicyclic) bond motifs is 4. The van der Waals surface area contributed by atoms with Gasteiger partial charge in [-0.15, -0.1) is 0 Å². The number of hydrogen-bond acceptors (Lipinski definition) is 2. The van der Waals surface area contributed by atoms with Crippen molar-refractivity contribution in [3.63, 3.8) is 0 Å². The van der Waals surface area contributed by atoms with Crippen molar-refractivity contribution in [2.24, 2.45) is 0 Å². The van der Waals surface area contributed by atoms with E-state index < -0.39 is 12.0 Å². The maximum Gasteiger partial charge on any atom is 0.326 e. The third-order valence-corrected chi connectivity index (χ3v) is 6.05. The van der Waals surface area contributed by atoms with Crippen LogP contribution in [0.2, 0.25) is 0 Å². The number of carboxylic acid groups (broad SMARTS) is 1. The lowest BCUT2D eigenvalue weighted by Crippen LogP contribution is -2.42. The summed E-state index contributed by atoms with van der Waals surface area (Å²) in [7, 11) is 0. The molecule has 0 fully saturated rings. The molecule has 3 N–H and O–H groups in total.